The van der Waals surface area contributed by atoms with Crippen LogP contribution in [0.1, 0.15) is 6.92 Å². The maximum absolute atomic E-state index is 13.2. The summed E-state index contributed by atoms with van der Waals surface area (Å²) in [5, 5.41) is 2.93. The van der Waals surface area contributed by atoms with Crippen molar-refractivity contribution in [3.05, 3.63) is 59.4 Å². The highest BCUT2D eigenvalue weighted by molar-refractivity contribution is 8.15. The van der Waals surface area contributed by atoms with Crippen molar-refractivity contribution >= 4 is 51.7 Å². The van der Waals surface area contributed by atoms with E-state index in [4.69, 9.17) is 11.6 Å². The van der Waals surface area contributed by atoms with Crippen LogP contribution < -0.4 is 10.2 Å². The number of carbonyl (C=O) groups is 2. The second-order valence-corrected chi connectivity index (χ2v) is 7.25. The predicted octanol–water partition coefficient (Wildman–Crippen LogP) is 3.94. The van der Waals surface area contributed by atoms with Gasteiger partial charge in [0.2, 0.25) is 5.91 Å². The zero-order chi connectivity index (χ0) is 18.7. The molecule has 2 amide bonds. The number of halogens is 2. The fourth-order valence-electron chi connectivity index (χ4n) is 2.37. The van der Waals surface area contributed by atoms with Gasteiger partial charge in [-0.25, -0.2) is 4.39 Å². The molecule has 0 bridgehead atoms. The third-order valence-corrected chi connectivity index (χ3v) is 5.04. The molecule has 0 aliphatic carbocycles. The third-order valence-electron chi connectivity index (χ3n) is 3.63. The van der Waals surface area contributed by atoms with E-state index >= 15 is 0 Å². The molecule has 0 unspecified atom stereocenters. The van der Waals surface area contributed by atoms with Crippen LogP contribution in [0.25, 0.3) is 0 Å². The summed E-state index contributed by atoms with van der Waals surface area (Å²) in [5.74, 6) is -0.959. The van der Waals surface area contributed by atoms with E-state index in [1.165, 1.54) is 23.1 Å². The molecule has 0 aromatic heterocycles. The van der Waals surface area contributed by atoms with Crippen molar-refractivity contribution in [3.63, 3.8) is 0 Å². The minimum atomic E-state index is -0.548. The van der Waals surface area contributed by atoms with Gasteiger partial charge < -0.3 is 5.32 Å². The zero-order valence-corrected chi connectivity index (χ0v) is 15.4. The van der Waals surface area contributed by atoms with Crippen LogP contribution in [-0.2, 0) is 9.59 Å². The number of rotatable bonds is 4. The number of anilines is 2. The largest absolute Gasteiger partial charge is 0.325 e. The molecule has 26 heavy (non-hydrogen) atoms. The van der Waals surface area contributed by atoms with Gasteiger partial charge in [0.25, 0.3) is 5.91 Å². The molecule has 5 nitrogen and oxygen atoms in total. The van der Waals surface area contributed by atoms with Crippen LogP contribution in [0.5, 0.6) is 0 Å². The number of carbonyl (C=O) groups excluding carboxylic acids is 2. The first-order valence-electron chi connectivity index (χ1n) is 7.80. The minimum absolute atomic E-state index is 0.00575. The fourth-order valence-corrected chi connectivity index (χ4v) is 3.51. The van der Waals surface area contributed by atoms with E-state index in [1.807, 2.05) is 0 Å². The summed E-state index contributed by atoms with van der Waals surface area (Å²) in [6, 6.07) is 12.6. The Morgan fingerprint density at radius 3 is 2.81 bits per heavy atom. The average Bonchev–Trinajstić information content (AvgIpc) is 2.95. The molecule has 0 saturated carbocycles. The number of amides is 2. The molecule has 1 aliphatic rings. The van der Waals surface area contributed by atoms with Crippen LogP contribution in [0.3, 0.4) is 0 Å². The Kier molecular flexibility index (Phi) is 5.58. The zero-order valence-electron chi connectivity index (χ0n) is 13.8. The number of amidine groups is 1. The van der Waals surface area contributed by atoms with Crippen molar-refractivity contribution in [1.29, 1.82) is 0 Å². The molecule has 2 aromatic carbocycles. The summed E-state index contributed by atoms with van der Waals surface area (Å²) in [6.45, 7) is 1.70. The molecule has 134 valence electrons. The van der Waals surface area contributed by atoms with Crippen molar-refractivity contribution in [3.8, 4) is 0 Å². The van der Waals surface area contributed by atoms with Crippen LogP contribution in [0.4, 0.5) is 15.8 Å². The summed E-state index contributed by atoms with van der Waals surface area (Å²) in [6.07, 6.45) is 0. The lowest BCUT2D eigenvalue weighted by atomic mass is 10.3. The van der Waals surface area contributed by atoms with Gasteiger partial charge in [-0.3, -0.25) is 19.5 Å². The van der Waals surface area contributed by atoms with Gasteiger partial charge >= 0.3 is 0 Å². The van der Waals surface area contributed by atoms with Crippen LogP contribution in [0, 0.1) is 5.82 Å². The summed E-state index contributed by atoms with van der Waals surface area (Å²) in [4.78, 5) is 30.2. The lowest BCUT2D eigenvalue weighted by Gasteiger charge is -2.21. The van der Waals surface area contributed by atoms with Crippen LogP contribution in [0.15, 0.2) is 53.5 Å². The number of aliphatic imine (C=N–C) groups is 1. The van der Waals surface area contributed by atoms with Crippen molar-refractivity contribution < 1.29 is 14.0 Å². The number of hydrogen-bond donors (Lipinski definition) is 1. The van der Waals surface area contributed by atoms with E-state index in [9.17, 15) is 14.0 Å². The molecule has 0 radical (unpaired) electrons. The number of hydrogen-bond acceptors (Lipinski definition) is 4. The van der Waals surface area contributed by atoms with Crippen LogP contribution in [-0.4, -0.2) is 28.8 Å². The van der Waals surface area contributed by atoms with E-state index < -0.39 is 11.1 Å². The van der Waals surface area contributed by atoms with E-state index in [0.29, 0.717) is 21.6 Å². The maximum atomic E-state index is 13.2. The lowest BCUT2D eigenvalue weighted by molar-refractivity contribution is -0.116. The first-order valence-corrected chi connectivity index (χ1v) is 9.06. The molecule has 0 fully saturated rings. The molecular formula is C18H15ClFN3O2S. The molecule has 0 spiro atoms. The van der Waals surface area contributed by atoms with E-state index in [-0.39, 0.29) is 18.4 Å². The molecular weight excluding hydrogens is 377 g/mol. The maximum Gasteiger partial charge on any atom is 0.254 e. The van der Waals surface area contributed by atoms with Gasteiger partial charge in [0, 0.05) is 5.69 Å². The lowest BCUT2D eigenvalue weighted by Crippen LogP contribution is -2.33. The third kappa shape index (κ3) is 4.05. The second-order valence-electron chi connectivity index (χ2n) is 5.54. The Morgan fingerprint density at radius 1 is 1.31 bits per heavy atom. The van der Waals surface area contributed by atoms with Gasteiger partial charge in [0.05, 0.1) is 16.0 Å². The quantitative estimate of drug-likeness (QED) is 0.858. The smallest absolute Gasteiger partial charge is 0.254 e. The van der Waals surface area contributed by atoms with Gasteiger partial charge in [-0.05, 0) is 37.3 Å². The van der Waals surface area contributed by atoms with Crippen molar-refractivity contribution in [2.45, 2.75) is 12.2 Å². The fraction of sp³-hybridized carbons (Fsp3) is 0.167. The molecule has 3 rings (SSSR count). The number of nitrogens with zero attached hydrogens (tertiary/aromatic N) is 2. The molecule has 8 heteroatoms. The Hall–Kier alpha value is -2.38. The van der Waals surface area contributed by atoms with E-state index in [1.54, 1.807) is 37.3 Å². The monoisotopic (exact) mass is 391 g/mol. The summed E-state index contributed by atoms with van der Waals surface area (Å²) in [7, 11) is 0. The highest BCUT2D eigenvalue weighted by Crippen LogP contribution is 2.31. The second kappa shape index (κ2) is 7.88. The normalized spacial score (nSPS) is 15.0. The van der Waals surface area contributed by atoms with Crippen molar-refractivity contribution in [2.75, 3.05) is 16.8 Å². The Morgan fingerprint density at radius 2 is 2.08 bits per heavy atom. The molecule has 1 N–H and O–H groups in total. The van der Waals surface area contributed by atoms with Gasteiger partial charge in [-0.1, -0.05) is 41.6 Å². The molecule has 2 aromatic rings. The first-order chi connectivity index (χ1) is 12.5. The van der Waals surface area contributed by atoms with E-state index in [0.717, 1.165) is 11.8 Å². The van der Waals surface area contributed by atoms with Crippen LogP contribution in [0.2, 0.25) is 5.02 Å². The predicted molar refractivity (Wildman–Crippen MR) is 103 cm³/mol. The van der Waals surface area contributed by atoms with Crippen LogP contribution >= 0.6 is 23.4 Å². The molecule has 1 atom stereocenters. The van der Waals surface area contributed by atoms with Crippen molar-refractivity contribution in [1.82, 2.24) is 0 Å². The Balaban J connectivity index is 1.71. The topological polar surface area (TPSA) is 61.8 Å². The van der Waals surface area contributed by atoms with E-state index in [2.05, 4.69) is 10.3 Å². The summed E-state index contributed by atoms with van der Waals surface area (Å²) >= 11 is 7.33. The SMILES string of the molecule is C[C@H](SC1=NCC(=O)N1c1ccccc1Cl)C(=O)Nc1cccc(F)c1. The number of para-hydroxylation sites is 1. The minimum Gasteiger partial charge on any atom is -0.325 e. The van der Waals surface area contributed by atoms with Gasteiger partial charge in [-0.15, -0.1) is 0 Å². The molecule has 1 aliphatic heterocycles. The molecule has 0 saturated heterocycles. The van der Waals surface area contributed by atoms with Gasteiger partial charge in [0.1, 0.15) is 12.4 Å². The number of nitrogens with one attached hydrogen (secondary N) is 1. The Bertz CT molecular complexity index is 890. The number of benzene rings is 2. The number of thioether (sulfide) groups is 1. The first kappa shape index (κ1) is 18.4. The molecule has 1 heterocycles. The average molecular weight is 392 g/mol. The summed E-state index contributed by atoms with van der Waals surface area (Å²) < 4.78 is 13.2. The highest BCUT2D eigenvalue weighted by atomic mass is 35.5. The Labute approximate surface area is 159 Å². The highest BCUT2D eigenvalue weighted by Gasteiger charge is 2.31. The van der Waals surface area contributed by atoms with Gasteiger partial charge in [-0.2, -0.15) is 0 Å². The van der Waals surface area contributed by atoms with Gasteiger partial charge in [0.15, 0.2) is 5.17 Å². The standard InChI is InChI=1S/C18H15ClFN3O2S/c1-11(17(25)22-13-6-4-5-12(20)9-13)26-18-21-10-16(24)23(18)15-8-3-2-7-14(15)19/h2-9,11H,10H2,1H3,(H,22,25)/t11-/m0/s1. The van der Waals surface area contributed by atoms with Crippen molar-refractivity contribution in [2.24, 2.45) is 4.99 Å². The summed E-state index contributed by atoms with van der Waals surface area (Å²) in [5.41, 5.74) is 0.899.